The van der Waals surface area contributed by atoms with Gasteiger partial charge in [-0.2, -0.15) is 0 Å². The summed E-state index contributed by atoms with van der Waals surface area (Å²) in [5, 5.41) is 12.0. The van der Waals surface area contributed by atoms with Crippen LogP contribution in [0, 0.1) is 0 Å². The first-order valence-electron chi connectivity index (χ1n) is 8.00. The molecule has 4 rings (SSSR count). The fourth-order valence-electron chi connectivity index (χ4n) is 2.42. The minimum absolute atomic E-state index is 0.210. The van der Waals surface area contributed by atoms with Gasteiger partial charge in [-0.25, -0.2) is 9.97 Å². The predicted octanol–water partition coefficient (Wildman–Crippen LogP) is 3.62. The van der Waals surface area contributed by atoms with Crippen molar-refractivity contribution >= 4 is 34.0 Å². The van der Waals surface area contributed by atoms with Crippen molar-refractivity contribution in [2.24, 2.45) is 0 Å². The molecule has 0 spiro atoms. The standard InChI is InChI=1S/C18H13ClN6OS/c19-14-4-2-1-3-12(14)9-13-10-21-18(27-13)22-17(26)15-5-6-16(24-23-15)25-8-7-20-11-25/h1-8,10-11H,9H2,(H,21,22,26). The van der Waals surface area contributed by atoms with Gasteiger partial charge in [0.25, 0.3) is 5.91 Å². The quantitative estimate of drug-likeness (QED) is 0.557. The molecule has 0 aliphatic carbocycles. The Morgan fingerprint density at radius 1 is 1.19 bits per heavy atom. The van der Waals surface area contributed by atoms with Gasteiger partial charge in [0.15, 0.2) is 16.6 Å². The number of nitrogens with one attached hydrogen (secondary N) is 1. The lowest BCUT2D eigenvalue weighted by Crippen LogP contribution is -2.14. The molecule has 0 aliphatic heterocycles. The van der Waals surface area contributed by atoms with Crippen LogP contribution >= 0.6 is 22.9 Å². The van der Waals surface area contributed by atoms with Crippen LogP contribution in [0.5, 0.6) is 0 Å². The molecule has 9 heteroatoms. The Bertz CT molecular complexity index is 1060. The molecule has 0 aliphatic rings. The van der Waals surface area contributed by atoms with E-state index in [1.165, 1.54) is 11.3 Å². The summed E-state index contributed by atoms with van der Waals surface area (Å²) in [5.41, 5.74) is 1.23. The minimum atomic E-state index is -0.363. The fourth-order valence-corrected chi connectivity index (χ4v) is 3.45. The van der Waals surface area contributed by atoms with Crippen LogP contribution in [-0.4, -0.2) is 30.6 Å². The zero-order valence-corrected chi connectivity index (χ0v) is 15.5. The van der Waals surface area contributed by atoms with Crippen molar-refractivity contribution in [2.75, 3.05) is 5.32 Å². The van der Waals surface area contributed by atoms with Crippen molar-refractivity contribution < 1.29 is 4.79 Å². The van der Waals surface area contributed by atoms with Gasteiger partial charge in [-0.1, -0.05) is 29.8 Å². The molecule has 1 aromatic carbocycles. The van der Waals surface area contributed by atoms with Crippen LogP contribution in [0.4, 0.5) is 5.13 Å². The van der Waals surface area contributed by atoms with Crippen molar-refractivity contribution in [3.8, 4) is 5.82 Å². The summed E-state index contributed by atoms with van der Waals surface area (Å²) in [6.07, 6.45) is 7.40. The van der Waals surface area contributed by atoms with Gasteiger partial charge in [-0.15, -0.1) is 21.5 Å². The molecule has 7 nitrogen and oxygen atoms in total. The summed E-state index contributed by atoms with van der Waals surface area (Å²) in [6.45, 7) is 0. The van der Waals surface area contributed by atoms with Gasteiger partial charge >= 0.3 is 0 Å². The maximum Gasteiger partial charge on any atom is 0.277 e. The predicted molar refractivity (Wildman–Crippen MR) is 103 cm³/mol. The van der Waals surface area contributed by atoms with E-state index in [1.807, 2.05) is 24.3 Å². The van der Waals surface area contributed by atoms with Gasteiger partial charge in [0, 0.05) is 34.9 Å². The Kier molecular flexibility index (Phi) is 4.91. The average molecular weight is 397 g/mol. The van der Waals surface area contributed by atoms with Crippen LogP contribution in [0.1, 0.15) is 20.9 Å². The van der Waals surface area contributed by atoms with Crippen molar-refractivity contribution in [1.82, 2.24) is 24.7 Å². The Hall–Kier alpha value is -3.10. The third-order valence-electron chi connectivity index (χ3n) is 3.75. The molecule has 0 fully saturated rings. The Morgan fingerprint density at radius 2 is 2.07 bits per heavy atom. The SMILES string of the molecule is O=C(Nc1ncc(Cc2ccccc2Cl)s1)c1ccc(-n2ccnc2)nn1. The lowest BCUT2D eigenvalue weighted by molar-refractivity contribution is 0.102. The monoisotopic (exact) mass is 396 g/mol. The van der Waals surface area contributed by atoms with Crippen LogP contribution < -0.4 is 5.32 Å². The normalized spacial score (nSPS) is 10.7. The van der Waals surface area contributed by atoms with E-state index in [4.69, 9.17) is 11.6 Å². The molecule has 134 valence electrons. The third kappa shape index (κ3) is 4.02. The molecule has 0 radical (unpaired) electrons. The van der Waals surface area contributed by atoms with Gasteiger partial charge in [-0.3, -0.25) is 14.7 Å². The molecule has 0 bridgehead atoms. The van der Waals surface area contributed by atoms with E-state index in [-0.39, 0.29) is 11.6 Å². The largest absolute Gasteiger partial charge is 0.296 e. The number of hydrogen-bond acceptors (Lipinski definition) is 6. The van der Waals surface area contributed by atoms with Crippen LogP contribution in [0.3, 0.4) is 0 Å². The van der Waals surface area contributed by atoms with E-state index in [1.54, 1.807) is 41.6 Å². The van der Waals surface area contributed by atoms with Crippen molar-refractivity contribution in [3.05, 3.63) is 82.5 Å². The topological polar surface area (TPSA) is 85.6 Å². The number of imidazole rings is 1. The maximum absolute atomic E-state index is 12.3. The Labute approximate surface area is 163 Å². The van der Waals surface area contributed by atoms with E-state index in [2.05, 4.69) is 25.5 Å². The number of rotatable bonds is 5. The van der Waals surface area contributed by atoms with Crippen LogP contribution in [0.2, 0.25) is 5.02 Å². The Balaban J connectivity index is 1.43. The van der Waals surface area contributed by atoms with Gasteiger partial charge in [-0.05, 0) is 23.8 Å². The summed E-state index contributed by atoms with van der Waals surface area (Å²) in [4.78, 5) is 21.5. The molecule has 0 saturated carbocycles. The first-order chi connectivity index (χ1) is 13.2. The van der Waals surface area contributed by atoms with Crippen LogP contribution in [0.15, 0.2) is 61.3 Å². The number of thiazole rings is 1. The number of nitrogens with zero attached hydrogens (tertiary/aromatic N) is 5. The number of halogens is 1. The summed E-state index contributed by atoms with van der Waals surface area (Å²) in [5.74, 6) is 0.221. The lowest BCUT2D eigenvalue weighted by Gasteiger charge is -2.03. The molecular weight excluding hydrogens is 384 g/mol. The second kappa shape index (κ2) is 7.65. The van der Waals surface area contributed by atoms with Gasteiger partial charge in [0.2, 0.25) is 0 Å². The number of carbonyl (C=O) groups is 1. The van der Waals surface area contributed by atoms with Gasteiger partial charge in [0.1, 0.15) is 6.33 Å². The zero-order chi connectivity index (χ0) is 18.6. The van der Waals surface area contributed by atoms with Gasteiger partial charge < -0.3 is 0 Å². The summed E-state index contributed by atoms with van der Waals surface area (Å²) >= 11 is 7.59. The molecule has 3 aromatic heterocycles. The number of hydrogen-bond donors (Lipinski definition) is 1. The molecule has 0 saturated heterocycles. The molecule has 0 unspecified atom stereocenters. The fraction of sp³-hybridized carbons (Fsp3) is 0.0556. The first kappa shape index (κ1) is 17.3. The Morgan fingerprint density at radius 3 is 2.81 bits per heavy atom. The highest BCUT2D eigenvalue weighted by atomic mass is 35.5. The number of aromatic nitrogens is 5. The molecule has 27 heavy (non-hydrogen) atoms. The number of anilines is 1. The van der Waals surface area contributed by atoms with Crippen molar-refractivity contribution in [1.29, 1.82) is 0 Å². The number of amides is 1. The molecular formula is C18H13ClN6OS. The zero-order valence-electron chi connectivity index (χ0n) is 13.9. The van der Waals surface area contributed by atoms with E-state index in [0.29, 0.717) is 22.4 Å². The number of carbonyl (C=O) groups excluding carboxylic acids is 1. The number of benzene rings is 1. The summed E-state index contributed by atoms with van der Waals surface area (Å²) in [7, 11) is 0. The third-order valence-corrected chi connectivity index (χ3v) is 5.03. The maximum atomic E-state index is 12.3. The molecule has 4 aromatic rings. The van der Waals surface area contributed by atoms with E-state index < -0.39 is 0 Å². The second-order valence-corrected chi connectivity index (χ2v) is 7.12. The minimum Gasteiger partial charge on any atom is -0.296 e. The van der Waals surface area contributed by atoms with Gasteiger partial charge in [0.05, 0.1) is 0 Å². The van der Waals surface area contributed by atoms with E-state index >= 15 is 0 Å². The molecule has 3 heterocycles. The average Bonchev–Trinajstić information content (AvgIpc) is 3.36. The highest BCUT2D eigenvalue weighted by Gasteiger charge is 2.12. The smallest absolute Gasteiger partial charge is 0.277 e. The highest BCUT2D eigenvalue weighted by Crippen LogP contribution is 2.24. The van der Waals surface area contributed by atoms with E-state index in [0.717, 1.165) is 10.4 Å². The second-order valence-electron chi connectivity index (χ2n) is 5.60. The van der Waals surface area contributed by atoms with Crippen molar-refractivity contribution in [3.63, 3.8) is 0 Å². The highest BCUT2D eigenvalue weighted by molar-refractivity contribution is 7.15. The van der Waals surface area contributed by atoms with Crippen LogP contribution in [-0.2, 0) is 6.42 Å². The molecule has 1 amide bonds. The summed E-state index contributed by atoms with van der Waals surface area (Å²) < 4.78 is 1.70. The first-order valence-corrected chi connectivity index (χ1v) is 9.20. The van der Waals surface area contributed by atoms with E-state index in [9.17, 15) is 4.79 Å². The summed E-state index contributed by atoms with van der Waals surface area (Å²) in [6, 6.07) is 11.0. The van der Waals surface area contributed by atoms with Crippen molar-refractivity contribution in [2.45, 2.75) is 6.42 Å². The molecule has 0 atom stereocenters. The molecule has 1 N–H and O–H groups in total. The van der Waals surface area contributed by atoms with Crippen LogP contribution in [0.25, 0.3) is 5.82 Å². The lowest BCUT2D eigenvalue weighted by atomic mass is 10.1.